The fraction of sp³-hybridized carbons (Fsp3) is 0.560. The van der Waals surface area contributed by atoms with Crippen LogP contribution in [0.3, 0.4) is 0 Å². The van der Waals surface area contributed by atoms with Crippen LogP contribution in [0.25, 0.3) is 10.9 Å². The minimum atomic E-state index is -0.434. The third-order valence-corrected chi connectivity index (χ3v) is 8.25. The number of piperidine rings is 1. The molecule has 3 aliphatic rings. The molecule has 2 unspecified atom stereocenters. The first-order valence-corrected chi connectivity index (χ1v) is 12.6. The van der Waals surface area contributed by atoms with Crippen LogP contribution in [-0.4, -0.2) is 67.7 Å². The van der Waals surface area contributed by atoms with Crippen LogP contribution in [0.15, 0.2) is 24.5 Å². The predicted molar refractivity (Wildman–Crippen MR) is 132 cm³/mol. The number of fused-ring (bicyclic) bond motifs is 1. The summed E-state index contributed by atoms with van der Waals surface area (Å²) in [6.45, 7) is 7.02. The molecule has 0 amide bonds. The number of rotatable bonds is 5. The van der Waals surface area contributed by atoms with E-state index in [1.54, 1.807) is 0 Å². The zero-order valence-corrected chi connectivity index (χ0v) is 20.4. The van der Waals surface area contributed by atoms with Gasteiger partial charge in [0.1, 0.15) is 0 Å². The van der Waals surface area contributed by atoms with Crippen LogP contribution >= 0.6 is 11.6 Å². The molecule has 3 aromatic rings. The second-order valence-corrected chi connectivity index (χ2v) is 10.6. The Bertz CT molecular complexity index is 1220. The molecule has 9 heteroatoms. The lowest BCUT2D eigenvalue weighted by molar-refractivity contribution is -0.00211. The number of benzene rings is 1. The van der Waals surface area contributed by atoms with E-state index in [9.17, 15) is 5.11 Å². The van der Waals surface area contributed by atoms with E-state index in [-0.39, 0.29) is 5.54 Å². The van der Waals surface area contributed by atoms with Crippen LogP contribution in [0.4, 0.5) is 11.6 Å². The van der Waals surface area contributed by atoms with Crippen molar-refractivity contribution < 1.29 is 9.84 Å². The van der Waals surface area contributed by atoms with Gasteiger partial charge in [0.2, 0.25) is 5.95 Å². The van der Waals surface area contributed by atoms with Gasteiger partial charge in [0.15, 0.2) is 0 Å². The number of likely N-dealkylation sites (tertiary alicyclic amines) is 1. The molecule has 8 nitrogen and oxygen atoms in total. The molecule has 180 valence electrons. The third kappa shape index (κ3) is 3.86. The Morgan fingerprint density at radius 2 is 1.97 bits per heavy atom. The minimum absolute atomic E-state index is 0.294. The van der Waals surface area contributed by atoms with E-state index < -0.39 is 6.10 Å². The maximum Gasteiger partial charge on any atom is 0.227 e. The summed E-state index contributed by atoms with van der Waals surface area (Å²) in [7, 11) is 0. The number of hydrogen-bond donors (Lipinski definition) is 2. The summed E-state index contributed by atoms with van der Waals surface area (Å²) >= 11 is 6.72. The van der Waals surface area contributed by atoms with Gasteiger partial charge >= 0.3 is 0 Å². The minimum Gasteiger partial charge on any atom is -0.389 e. The number of nitrogens with one attached hydrogen (secondary N) is 1. The van der Waals surface area contributed by atoms with Crippen LogP contribution in [0, 0.1) is 6.92 Å². The zero-order valence-electron chi connectivity index (χ0n) is 19.7. The molecule has 1 aromatic carbocycles. The summed E-state index contributed by atoms with van der Waals surface area (Å²) < 4.78 is 7.63. The standard InChI is InChI=1S/C25H31ClN6O2/c1-15-22(12-28-32(15)18-3-4-18)30-24-27-11-17-9-20(26)19(10-21(17)29-24)16-5-7-31(8-6-16)25(2)14-34-13-23(25)33/h9-12,16,18,23,33H,3-8,13-14H2,1-2H3,(H,27,29,30). The van der Waals surface area contributed by atoms with E-state index in [4.69, 9.17) is 21.3 Å². The van der Waals surface area contributed by atoms with E-state index in [1.165, 1.54) is 12.8 Å². The van der Waals surface area contributed by atoms with Crippen molar-refractivity contribution in [3.05, 3.63) is 40.8 Å². The first-order chi connectivity index (χ1) is 16.4. The van der Waals surface area contributed by atoms with Crippen molar-refractivity contribution in [3.8, 4) is 0 Å². The summed E-state index contributed by atoms with van der Waals surface area (Å²) in [4.78, 5) is 11.7. The van der Waals surface area contributed by atoms with Gasteiger partial charge in [0.25, 0.3) is 0 Å². The fourth-order valence-electron chi connectivity index (χ4n) is 5.45. The SMILES string of the molecule is Cc1c(Nc2ncc3cc(Cl)c(C4CCN(C5(C)COCC5O)CC4)cc3n2)cnn1C1CC1. The molecule has 1 aliphatic carbocycles. The first-order valence-electron chi connectivity index (χ1n) is 12.2. The summed E-state index contributed by atoms with van der Waals surface area (Å²) in [6, 6.07) is 4.64. The number of halogens is 1. The zero-order chi connectivity index (χ0) is 23.4. The highest BCUT2D eigenvalue weighted by Gasteiger charge is 2.45. The Labute approximate surface area is 204 Å². The smallest absolute Gasteiger partial charge is 0.227 e. The normalized spacial score (nSPS) is 26.4. The molecule has 2 N–H and O–H groups in total. The number of aliphatic hydroxyl groups is 1. The van der Waals surface area contributed by atoms with Crippen LogP contribution < -0.4 is 5.32 Å². The summed E-state index contributed by atoms with van der Waals surface area (Å²) in [6.07, 6.45) is 7.62. The van der Waals surface area contributed by atoms with E-state index in [2.05, 4.69) is 44.9 Å². The number of ether oxygens (including phenoxy) is 1. The van der Waals surface area contributed by atoms with Gasteiger partial charge in [-0.25, -0.2) is 9.97 Å². The van der Waals surface area contributed by atoms with Crippen molar-refractivity contribution in [2.75, 3.05) is 31.6 Å². The van der Waals surface area contributed by atoms with Crippen molar-refractivity contribution in [3.63, 3.8) is 0 Å². The van der Waals surface area contributed by atoms with Gasteiger partial charge in [-0.2, -0.15) is 5.10 Å². The maximum atomic E-state index is 10.4. The van der Waals surface area contributed by atoms with E-state index in [0.717, 1.165) is 58.8 Å². The topological polar surface area (TPSA) is 88.3 Å². The molecule has 4 heterocycles. The summed E-state index contributed by atoms with van der Waals surface area (Å²) in [5.41, 5.74) is 3.79. The first kappa shape index (κ1) is 22.2. The van der Waals surface area contributed by atoms with Gasteiger partial charge < -0.3 is 15.2 Å². The van der Waals surface area contributed by atoms with Crippen molar-refractivity contribution in [1.29, 1.82) is 0 Å². The number of aromatic nitrogens is 4. The summed E-state index contributed by atoms with van der Waals surface area (Å²) in [5.74, 6) is 0.929. The molecule has 2 saturated heterocycles. The lowest BCUT2D eigenvalue weighted by atomic mass is 9.85. The number of nitrogens with zero attached hydrogens (tertiary/aromatic N) is 5. The number of aliphatic hydroxyl groups excluding tert-OH is 1. The Hall–Kier alpha value is -2.26. The van der Waals surface area contributed by atoms with Gasteiger partial charge in [0.05, 0.1) is 54.0 Å². The van der Waals surface area contributed by atoms with E-state index in [1.807, 2.05) is 18.5 Å². The molecular formula is C25H31ClN6O2. The molecule has 2 atom stereocenters. The molecule has 34 heavy (non-hydrogen) atoms. The predicted octanol–water partition coefficient (Wildman–Crippen LogP) is 4.20. The van der Waals surface area contributed by atoms with E-state index in [0.29, 0.717) is 31.1 Å². The molecule has 0 bridgehead atoms. The van der Waals surface area contributed by atoms with Gasteiger partial charge in [-0.1, -0.05) is 11.6 Å². The average molecular weight is 483 g/mol. The third-order valence-electron chi connectivity index (χ3n) is 7.93. The van der Waals surface area contributed by atoms with Crippen molar-refractivity contribution in [2.45, 2.75) is 63.1 Å². The maximum absolute atomic E-state index is 10.4. The number of anilines is 2. The molecule has 2 aromatic heterocycles. The summed E-state index contributed by atoms with van der Waals surface area (Å²) in [5, 5.41) is 20.0. The van der Waals surface area contributed by atoms with Crippen LogP contribution in [0.1, 0.15) is 55.8 Å². The lowest BCUT2D eigenvalue weighted by Gasteiger charge is -2.43. The fourth-order valence-corrected chi connectivity index (χ4v) is 5.78. The van der Waals surface area contributed by atoms with Gasteiger partial charge in [-0.3, -0.25) is 9.58 Å². The second kappa shape index (κ2) is 8.45. The Morgan fingerprint density at radius 1 is 1.18 bits per heavy atom. The quantitative estimate of drug-likeness (QED) is 0.563. The van der Waals surface area contributed by atoms with Crippen molar-refractivity contribution in [2.24, 2.45) is 0 Å². The molecule has 6 rings (SSSR count). The molecule has 0 radical (unpaired) electrons. The van der Waals surface area contributed by atoms with Crippen LogP contribution in [-0.2, 0) is 4.74 Å². The Morgan fingerprint density at radius 3 is 2.68 bits per heavy atom. The highest BCUT2D eigenvalue weighted by Crippen LogP contribution is 2.39. The Balaban J connectivity index is 1.21. The van der Waals surface area contributed by atoms with Gasteiger partial charge in [-0.05, 0) is 76.2 Å². The molecular weight excluding hydrogens is 452 g/mol. The highest BCUT2D eigenvalue weighted by atomic mass is 35.5. The van der Waals surface area contributed by atoms with E-state index >= 15 is 0 Å². The molecule has 2 aliphatic heterocycles. The highest BCUT2D eigenvalue weighted by molar-refractivity contribution is 6.32. The average Bonchev–Trinajstić information content (AvgIpc) is 3.54. The molecule has 1 saturated carbocycles. The van der Waals surface area contributed by atoms with Crippen molar-refractivity contribution in [1.82, 2.24) is 24.6 Å². The van der Waals surface area contributed by atoms with Crippen LogP contribution in [0.5, 0.6) is 0 Å². The van der Waals surface area contributed by atoms with Gasteiger partial charge in [-0.15, -0.1) is 0 Å². The second-order valence-electron chi connectivity index (χ2n) is 10.2. The van der Waals surface area contributed by atoms with Gasteiger partial charge in [0, 0.05) is 16.6 Å². The largest absolute Gasteiger partial charge is 0.389 e. The monoisotopic (exact) mass is 482 g/mol. The number of hydrogen-bond acceptors (Lipinski definition) is 7. The van der Waals surface area contributed by atoms with Crippen molar-refractivity contribution >= 4 is 34.1 Å². The van der Waals surface area contributed by atoms with Crippen LogP contribution in [0.2, 0.25) is 5.02 Å². The Kier molecular flexibility index (Phi) is 5.52. The molecule has 0 spiro atoms. The lowest BCUT2D eigenvalue weighted by Crippen LogP contribution is -2.56. The molecule has 3 fully saturated rings.